The van der Waals surface area contributed by atoms with E-state index in [-0.39, 0.29) is 6.10 Å². The van der Waals surface area contributed by atoms with Gasteiger partial charge >= 0.3 is 0 Å². The van der Waals surface area contributed by atoms with E-state index in [1.165, 1.54) is 19.3 Å². The highest BCUT2D eigenvalue weighted by Crippen LogP contribution is 2.32. The summed E-state index contributed by atoms with van der Waals surface area (Å²) in [5.74, 6) is 1.46. The molecule has 0 bridgehead atoms. The van der Waals surface area contributed by atoms with Gasteiger partial charge in [0.15, 0.2) is 11.5 Å². The van der Waals surface area contributed by atoms with Crippen LogP contribution in [0.3, 0.4) is 0 Å². The van der Waals surface area contributed by atoms with Gasteiger partial charge < -0.3 is 19.9 Å². The first-order valence-corrected chi connectivity index (χ1v) is 13.1. The molecular weight excluding hydrogens is 466 g/mol. The van der Waals surface area contributed by atoms with Crippen LogP contribution in [0.15, 0.2) is 43.0 Å². The van der Waals surface area contributed by atoms with Crippen LogP contribution < -0.4 is 15.0 Å². The van der Waals surface area contributed by atoms with Crippen molar-refractivity contribution in [2.75, 3.05) is 31.1 Å². The molecule has 2 fully saturated rings. The van der Waals surface area contributed by atoms with Crippen LogP contribution in [0.25, 0.3) is 44.8 Å². The summed E-state index contributed by atoms with van der Waals surface area (Å²) in [6.07, 6.45) is 13.2. The average molecular weight is 496 g/mol. The zero-order chi connectivity index (χ0) is 24.6. The molecule has 10 heteroatoms. The lowest BCUT2D eigenvalue weighted by Gasteiger charge is -2.28. The fourth-order valence-corrected chi connectivity index (χ4v) is 5.39. The third-order valence-electron chi connectivity index (χ3n) is 7.34. The molecule has 5 aromatic rings. The minimum absolute atomic E-state index is 0.214. The summed E-state index contributed by atoms with van der Waals surface area (Å²) in [6.45, 7) is 4.08. The van der Waals surface area contributed by atoms with Crippen LogP contribution >= 0.6 is 0 Å². The van der Waals surface area contributed by atoms with Crippen LogP contribution in [-0.4, -0.2) is 67.4 Å². The first-order chi connectivity index (χ1) is 18.3. The third kappa shape index (κ3) is 4.27. The molecule has 0 aromatic carbocycles. The second-order valence-corrected chi connectivity index (χ2v) is 9.83. The van der Waals surface area contributed by atoms with Crippen LogP contribution in [0.1, 0.15) is 32.1 Å². The predicted octanol–water partition coefficient (Wildman–Crippen LogP) is 4.08. The number of hydrogen-bond acceptors (Lipinski definition) is 8. The molecule has 2 saturated heterocycles. The summed E-state index contributed by atoms with van der Waals surface area (Å²) in [6, 6.07) is 6.12. The second-order valence-electron chi connectivity index (χ2n) is 9.83. The Kier molecular flexibility index (Phi) is 5.65. The van der Waals surface area contributed by atoms with Crippen molar-refractivity contribution >= 4 is 27.8 Å². The highest BCUT2D eigenvalue weighted by Gasteiger charge is 2.20. The van der Waals surface area contributed by atoms with E-state index < -0.39 is 0 Å². The van der Waals surface area contributed by atoms with Crippen molar-refractivity contribution in [1.82, 2.24) is 40.4 Å². The molecule has 0 spiro atoms. The van der Waals surface area contributed by atoms with E-state index in [4.69, 9.17) is 9.72 Å². The van der Waals surface area contributed by atoms with Crippen LogP contribution in [0, 0.1) is 0 Å². The van der Waals surface area contributed by atoms with Crippen molar-refractivity contribution < 1.29 is 4.74 Å². The van der Waals surface area contributed by atoms with E-state index in [0.717, 1.165) is 83.8 Å². The lowest BCUT2D eigenvalue weighted by atomic mass is 10.1. The van der Waals surface area contributed by atoms with Crippen molar-refractivity contribution in [3.8, 4) is 28.5 Å². The number of rotatable bonds is 5. The molecule has 7 heterocycles. The molecule has 0 aliphatic carbocycles. The Morgan fingerprint density at radius 3 is 2.76 bits per heavy atom. The highest BCUT2D eigenvalue weighted by atomic mass is 16.5. The maximum Gasteiger partial charge on any atom is 0.180 e. The molecule has 0 radical (unpaired) electrons. The van der Waals surface area contributed by atoms with Gasteiger partial charge in [0.25, 0.3) is 0 Å². The molecule has 0 amide bonds. The fourth-order valence-electron chi connectivity index (χ4n) is 5.39. The zero-order valence-corrected chi connectivity index (χ0v) is 20.6. The van der Waals surface area contributed by atoms with Crippen LogP contribution in [0.4, 0.5) is 5.69 Å². The third-order valence-corrected chi connectivity index (χ3v) is 7.34. The highest BCUT2D eigenvalue weighted by molar-refractivity contribution is 5.95. The van der Waals surface area contributed by atoms with Gasteiger partial charge in [0.1, 0.15) is 23.1 Å². The molecule has 10 nitrogen and oxygen atoms in total. The van der Waals surface area contributed by atoms with E-state index in [1.54, 1.807) is 6.20 Å². The number of hydrogen-bond donors (Lipinski definition) is 3. The quantitative estimate of drug-likeness (QED) is 0.334. The minimum atomic E-state index is 0.214. The number of aromatic amines is 2. The number of nitrogens with zero attached hydrogens (tertiary/aromatic N) is 6. The van der Waals surface area contributed by atoms with Crippen molar-refractivity contribution in [2.45, 2.75) is 38.2 Å². The first kappa shape index (κ1) is 22.2. The molecule has 0 atom stereocenters. The number of anilines is 1. The molecule has 7 rings (SSSR count). The number of pyridine rings is 3. The van der Waals surface area contributed by atoms with E-state index in [1.807, 2.05) is 30.7 Å². The Morgan fingerprint density at radius 2 is 1.86 bits per heavy atom. The van der Waals surface area contributed by atoms with Gasteiger partial charge in [-0.1, -0.05) is 0 Å². The van der Waals surface area contributed by atoms with Gasteiger partial charge in [-0.15, -0.1) is 0 Å². The smallest absolute Gasteiger partial charge is 0.180 e. The summed E-state index contributed by atoms with van der Waals surface area (Å²) in [5.41, 5.74) is 6.12. The number of ether oxygens (including phenoxy) is 1. The Bertz CT molecular complexity index is 1550. The van der Waals surface area contributed by atoms with Gasteiger partial charge in [-0.05, 0) is 63.4 Å². The molecule has 2 aliphatic heterocycles. The second kappa shape index (κ2) is 9.44. The van der Waals surface area contributed by atoms with Gasteiger partial charge in [0.2, 0.25) is 0 Å². The largest absolute Gasteiger partial charge is 0.489 e. The fraction of sp³-hybridized carbons (Fsp3) is 0.370. The predicted molar refractivity (Wildman–Crippen MR) is 143 cm³/mol. The topological polar surface area (TPSA) is 121 Å². The summed E-state index contributed by atoms with van der Waals surface area (Å²) in [5, 5.41) is 12.0. The zero-order valence-electron chi connectivity index (χ0n) is 20.6. The maximum atomic E-state index is 6.20. The SMILES string of the molecule is c1cc(N2CCCCC2)c2[nH]c(-c3n[nH]c4cnc(-c5cncc(OC6CCNCC6)c5)cc34)nc2n1. The van der Waals surface area contributed by atoms with Crippen LogP contribution in [0.2, 0.25) is 0 Å². The molecule has 0 saturated carbocycles. The minimum Gasteiger partial charge on any atom is -0.489 e. The number of piperidine rings is 2. The molecule has 0 unspecified atom stereocenters. The average Bonchev–Trinajstić information content (AvgIpc) is 3.58. The van der Waals surface area contributed by atoms with Gasteiger partial charge in [-0.25, -0.2) is 9.97 Å². The summed E-state index contributed by atoms with van der Waals surface area (Å²) >= 11 is 0. The van der Waals surface area contributed by atoms with Crippen molar-refractivity contribution in [3.63, 3.8) is 0 Å². The number of fused-ring (bicyclic) bond motifs is 2. The van der Waals surface area contributed by atoms with Crippen molar-refractivity contribution in [1.29, 1.82) is 0 Å². The van der Waals surface area contributed by atoms with Gasteiger partial charge in [-0.2, -0.15) is 5.10 Å². The van der Waals surface area contributed by atoms with Crippen molar-refractivity contribution in [3.05, 3.63) is 43.0 Å². The first-order valence-electron chi connectivity index (χ1n) is 13.1. The van der Waals surface area contributed by atoms with Crippen LogP contribution in [-0.2, 0) is 0 Å². The Hall–Kier alpha value is -4.05. The summed E-state index contributed by atoms with van der Waals surface area (Å²) in [7, 11) is 0. The molecule has 3 N–H and O–H groups in total. The van der Waals surface area contributed by atoms with Crippen molar-refractivity contribution in [2.24, 2.45) is 0 Å². The summed E-state index contributed by atoms with van der Waals surface area (Å²) in [4.78, 5) is 24.4. The van der Waals surface area contributed by atoms with Gasteiger partial charge in [0, 0.05) is 36.4 Å². The normalized spacial score (nSPS) is 17.0. The van der Waals surface area contributed by atoms with E-state index in [0.29, 0.717) is 11.5 Å². The van der Waals surface area contributed by atoms with E-state index >= 15 is 0 Å². The molecule has 37 heavy (non-hydrogen) atoms. The number of imidazole rings is 1. The van der Waals surface area contributed by atoms with E-state index in [2.05, 4.69) is 46.4 Å². The number of aromatic nitrogens is 7. The molecule has 5 aromatic heterocycles. The lowest BCUT2D eigenvalue weighted by Crippen LogP contribution is -2.34. The number of nitrogens with one attached hydrogen (secondary N) is 3. The van der Waals surface area contributed by atoms with Gasteiger partial charge in [0.05, 0.1) is 29.3 Å². The van der Waals surface area contributed by atoms with Crippen LogP contribution in [0.5, 0.6) is 5.75 Å². The number of H-pyrrole nitrogens is 2. The summed E-state index contributed by atoms with van der Waals surface area (Å²) < 4.78 is 6.20. The lowest BCUT2D eigenvalue weighted by molar-refractivity contribution is 0.162. The maximum absolute atomic E-state index is 6.20. The Balaban J connectivity index is 1.23. The molecular formula is C27H29N9O. The molecule has 188 valence electrons. The monoisotopic (exact) mass is 495 g/mol. The van der Waals surface area contributed by atoms with Gasteiger partial charge in [-0.3, -0.25) is 15.1 Å². The Labute approximate surface area is 213 Å². The molecule has 2 aliphatic rings. The van der Waals surface area contributed by atoms with E-state index in [9.17, 15) is 0 Å². The standard InChI is InChI=1S/C27H29N9O/c1-2-10-36(11-3-1)23-6-9-30-26-25(23)32-27(33-26)24-20-13-21(31-16-22(20)34-35-24)17-12-19(15-29-14-17)37-18-4-7-28-8-5-18/h6,9,12-16,18,28H,1-5,7-8,10-11H2,(H,34,35)(H,30,32,33). The Morgan fingerprint density at radius 1 is 0.973 bits per heavy atom.